The standard InChI is InChI=1S/C16H21NO/c17-10-8-13-6-7-14-4-3-11-18-15-5-1-2-9-16(14,15)12-13/h1-5,11,13H,6-10,12,17H2. The molecular formula is C16H21NO. The Morgan fingerprint density at radius 2 is 2.28 bits per heavy atom. The van der Waals surface area contributed by atoms with E-state index in [-0.39, 0.29) is 5.41 Å². The fourth-order valence-electron chi connectivity index (χ4n) is 3.63. The Bertz CT molecular complexity index is 444. The van der Waals surface area contributed by atoms with E-state index < -0.39 is 0 Å². The molecule has 1 saturated carbocycles. The Morgan fingerprint density at radius 1 is 1.33 bits per heavy atom. The van der Waals surface area contributed by atoms with E-state index in [0.29, 0.717) is 0 Å². The summed E-state index contributed by atoms with van der Waals surface area (Å²) in [6.07, 6.45) is 18.5. The minimum Gasteiger partial charge on any atom is -0.468 e. The molecule has 3 aliphatic rings. The van der Waals surface area contributed by atoms with E-state index in [9.17, 15) is 0 Å². The van der Waals surface area contributed by atoms with Crippen molar-refractivity contribution in [3.8, 4) is 0 Å². The normalized spacial score (nSPS) is 33.7. The highest BCUT2D eigenvalue weighted by Crippen LogP contribution is 2.54. The van der Waals surface area contributed by atoms with Crippen LogP contribution in [0.3, 0.4) is 0 Å². The average molecular weight is 243 g/mol. The molecule has 2 heteroatoms. The molecule has 0 saturated heterocycles. The molecule has 18 heavy (non-hydrogen) atoms. The Labute approximate surface area is 109 Å². The van der Waals surface area contributed by atoms with Gasteiger partial charge >= 0.3 is 0 Å². The van der Waals surface area contributed by atoms with Crippen molar-refractivity contribution in [2.75, 3.05) is 6.54 Å². The number of rotatable bonds is 2. The molecular weight excluding hydrogens is 222 g/mol. The summed E-state index contributed by atoms with van der Waals surface area (Å²) in [6, 6.07) is 0. The molecule has 0 radical (unpaired) electrons. The number of nitrogens with two attached hydrogens (primary N) is 1. The first kappa shape index (κ1) is 11.8. The van der Waals surface area contributed by atoms with E-state index in [2.05, 4.69) is 24.3 Å². The van der Waals surface area contributed by atoms with E-state index in [1.54, 1.807) is 5.57 Å². The Kier molecular flexibility index (Phi) is 3.13. The molecule has 2 nitrogen and oxygen atoms in total. The van der Waals surface area contributed by atoms with Crippen molar-refractivity contribution in [1.82, 2.24) is 0 Å². The Balaban J connectivity index is 1.95. The fourth-order valence-corrected chi connectivity index (χ4v) is 3.63. The first-order valence-electron chi connectivity index (χ1n) is 6.95. The van der Waals surface area contributed by atoms with E-state index in [0.717, 1.165) is 31.1 Å². The predicted molar refractivity (Wildman–Crippen MR) is 73.6 cm³/mol. The van der Waals surface area contributed by atoms with Gasteiger partial charge in [-0.05, 0) is 56.7 Å². The summed E-state index contributed by atoms with van der Waals surface area (Å²) in [5.74, 6) is 1.87. The molecule has 96 valence electrons. The van der Waals surface area contributed by atoms with Crippen molar-refractivity contribution in [3.63, 3.8) is 0 Å². The summed E-state index contributed by atoms with van der Waals surface area (Å²) in [7, 11) is 0. The molecule has 1 fully saturated rings. The third-order valence-corrected chi connectivity index (χ3v) is 4.54. The van der Waals surface area contributed by atoms with Gasteiger partial charge in [0.15, 0.2) is 0 Å². The summed E-state index contributed by atoms with van der Waals surface area (Å²) in [5, 5.41) is 0. The smallest absolute Gasteiger partial charge is 0.114 e. The van der Waals surface area contributed by atoms with Gasteiger partial charge in [-0.3, -0.25) is 0 Å². The molecule has 0 aromatic rings. The van der Waals surface area contributed by atoms with Crippen molar-refractivity contribution < 1.29 is 4.74 Å². The van der Waals surface area contributed by atoms with Crippen molar-refractivity contribution in [2.45, 2.75) is 32.1 Å². The van der Waals surface area contributed by atoms with E-state index in [1.165, 1.54) is 19.3 Å². The van der Waals surface area contributed by atoms with E-state index in [4.69, 9.17) is 10.5 Å². The number of hydrogen-bond acceptors (Lipinski definition) is 2. The Morgan fingerprint density at radius 3 is 3.17 bits per heavy atom. The third kappa shape index (κ3) is 1.85. The van der Waals surface area contributed by atoms with Crippen molar-refractivity contribution in [3.05, 3.63) is 48.0 Å². The van der Waals surface area contributed by atoms with E-state index in [1.807, 2.05) is 12.3 Å². The average Bonchev–Trinajstić information content (AvgIpc) is 2.57. The summed E-state index contributed by atoms with van der Waals surface area (Å²) >= 11 is 0. The quantitative estimate of drug-likeness (QED) is 0.806. The molecule has 1 heterocycles. The molecule has 3 rings (SSSR count). The molecule has 0 aromatic heterocycles. The zero-order chi connectivity index (χ0) is 12.4. The molecule has 2 atom stereocenters. The van der Waals surface area contributed by atoms with Crippen LogP contribution in [0, 0.1) is 11.3 Å². The number of hydrogen-bond donors (Lipinski definition) is 1. The van der Waals surface area contributed by atoms with Gasteiger partial charge in [0.1, 0.15) is 5.76 Å². The van der Waals surface area contributed by atoms with Gasteiger partial charge in [-0.1, -0.05) is 23.8 Å². The highest BCUT2D eigenvalue weighted by atomic mass is 16.5. The molecule has 2 N–H and O–H groups in total. The fraction of sp³-hybridized carbons (Fsp3) is 0.500. The highest BCUT2D eigenvalue weighted by Gasteiger charge is 2.44. The first-order valence-corrected chi connectivity index (χ1v) is 6.95. The van der Waals surface area contributed by atoms with Crippen LogP contribution in [0.5, 0.6) is 0 Å². The molecule has 0 aromatic carbocycles. The maximum Gasteiger partial charge on any atom is 0.114 e. The van der Waals surface area contributed by atoms with Crippen LogP contribution < -0.4 is 5.73 Å². The Hall–Kier alpha value is -1.28. The van der Waals surface area contributed by atoms with Crippen LogP contribution in [-0.2, 0) is 4.74 Å². The van der Waals surface area contributed by atoms with E-state index >= 15 is 0 Å². The topological polar surface area (TPSA) is 35.2 Å². The van der Waals surface area contributed by atoms with Crippen LogP contribution in [0.2, 0.25) is 0 Å². The lowest BCUT2D eigenvalue weighted by Crippen LogP contribution is -2.34. The lowest BCUT2D eigenvalue weighted by atomic mass is 9.62. The molecule has 2 aliphatic carbocycles. The van der Waals surface area contributed by atoms with Crippen LogP contribution in [0.1, 0.15) is 32.1 Å². The lowest BCUT2D eigenvalue weighted by Gasteiger charge is -2.44. The van der Waals surface area contributed by atoms with Gasteiger partial charge in [0.2, 0.25) is 0 Å². The third-order valence-electron chi connectivity index (χ3n) is 4.54. The number of allylic oxidation sites excluding steroid dienone is 6. The predicted octanol–water partition coefficient (Wildman–Crippen LogP) is 3.44. The van der Waals surface area contributed by atoms with Gasteiger partial charge in [-0.15, -0.1) is 0 Å². The van der Waals surface area contributed by atoms with Gasteiger partial charge in [-0.25, -0.2) is 0 Å². The van der Waals surface area contributed by atoms with Crippen LogP contribution in [0.4, 0.5) is 0 Å². The van der Waals surface area contributed by atoms with Crippen LogP contribution >= 0.6 is 0 Å². The molecule has 0 bridgehead atoms. The van der Waals surface area contributed by atoms with Gasteiger partial charge in [-0.2, -0.15) is 0 Å². The van der Waals surface area contributed by atoms with Crippen molar-refractivity contribution >= 4 is 0 Å². The van der Waals surface area contributed by atoms with Gasteiger partial charge in [0, 0.05) is 0 Å². The number of ether oxygens (including phenoxy) is 1. The zero-order valence-electron chi connectivity index (χ0n) is 10.8. The second-order valence-corrected chi connectivity index (χ2v) is 5.57. The van der Waals surface area contributed by atoms with Crippen molar-refractivity contribution in [1.29, 1.82) is 0 Å². The molecule has 2 unspecified atom stereocenters. The maximum atomic E-state index is 5.84. The van der Waals surface area contributed by atoms with Gasteiger partial charge in [0.05, 0.1) is 11.7 Å². The van der Waals surface area contributed by atoms with Crippen LogP contribution in [0.15, 0.2) is 48.0 Å². The monoisotopic (exact) mass is 243 g/mol. The highest BCUT2D eigenvalue weighted by molar-refractivity contribution is 5.38. The van der Waals surface area contributed by atoms with Crippen molar-refractivity contribution in [2.24, 2.45) is 17.1 Å². The minimum absolute atomic E-state index is 0.121. The molecule has 1 aliphatic heterocycles. The summed E-state index contributed by atoms with van der Waals surface area (Å²) in [6.45, 7) is 0.799. The SMILES string of the molecule is NCCC1CCC2=CC=COC3=CC=CCC23C1. The minimum atomic E-state index is 0.121. The molecule has 0 amide bonds. The summed E-state index contributed by atoms with van der Waals surface area (Å²) in [5.41, 5.74) is 7.40. The van der Waals surface area contributed by atoms with Crippen LogP contribution in [0.25, 0.3) is 0 Å². The van der Waals surface area contributed by atoms with Crippen LogP contribution in [-0.4, -0.2) is 6.54 Å². The summed E-state index contributed by atoms with van der Waals surface area (Å²) < 4.78 is 5.84. The lowest BCUT2D eigenvalue weighted by molar-refractivity contribution is 0.161. The second-order valence-electron chi connectivity index (χ2n) is 5.57. The van der Waals surface area contributed by atoms with Gasteiger partial charge in [0.25, 0.3) is 0 Å². The largest absolute Gasteiger partial charge is 0.468 e. The molecule has 1 spiro atoms. The summed E-state index contributed by atoms with van der Waals surface area (Å²) in [4.78, 5) is 0. The zero-order valence-corrected chi connectivity index (χ0v) is 10.8. The second kappa shape index (κ2) is 4.77. The maximum absolute atomic E-state index is 5.84. The van der Waals surface area contributed by atoms with Gasteiger partial charge < -0.3 is 10.5 Å². The first-order chi connectivity index (χ1) is 8.85.